The number of amides is 2. The van der Waals surface area contributed by atoms with Crippen molar-refractivity contribution < 1.29 is 31.9 Å². The van der Waals surface area contributed by atoms with E-state index >= 15 is 0 Å². The molecule has 1 aromatic carbocycles. The molecule has 4 rings (SSSR count). The molecule has 1 aliphatic rings. The van der Waals surface area contributed by atoms with E-state index in [1.54, 1.807) is 20.0 Å². The maximum Gasteiger partial charge on any atom is 0.422 e. The van der Waals surface area contributed by atoms with Gasteiger partial charge in [0.05, 0.1) is 27.9 Å². The number of hydrogen-bond acceptors (Lipinski definition) is 6. The number of nitrogens with zero attached hydrogens (tertiary/aromatic N) is 3. The number of rotatable bonds is 6. The van der Waals surface area contributed by atoms with E-state index in [2.05, 4.69) is 15.0 Å². The molecule has 0 bridgehead atoms. The van der Waals surface area contributed by atoms with Gasteiger partial charge in [-0.05, 0) is 25.1 Å². The molecule has 0 radical (unpaired) electrons. The van der Waals surface area contributed by atoms with Crippen LogP contribution in [0.4, 0.5) is 28.4 Å². The van der Waals surface area contributed by atoms with Gasteiger partial charge < -0.3 is 19.5 Å². The number of benzene rings is 1. The molecule has 1 unspecified atom stereocenters. The lowest BCUT2D eigenvalue weighted by Crippen LogP contribution is -2.29. The van der Waals surface area contributed by atoms with Gasteiger partial charge in [-0.3, -0.25) is 14.4 Å². The summed E-state index contributed by atoms with van der Waals surface area (Å²) in [6, 6.07) is 3.70. The summed E-state index contributed by atoms with van der Waals surface area (Å²) in [7, 11) is 1.57. The van der Waals surface area contributed by atoms with Crippen LogP contribution in [0.2, 0.25) is 5.02 Å². The third kappa shape index (κ3) is 5.07. The van der Waals surface area contributed by atoms with Gasteiger partial charge in [-0.2, -0.15) is 13.2 Å². The number of alkyl halides is 3. The number of ether oxygens (including phenoxy) is 1. The molecule has 8 nitrogen and oxygen atoms in total. The fourth-order valence-electron chi connectivity index (χ4n) is 3.72. The van der Waals surface area contributed by atoms with Crippen molar-refractivity contribution in [1.82, 2.24) is 9.55 Å². The first kappa shape index (κ1) is 25.6. The quantitative estimate of drug-likeness (QED) is 0.464. The largest absolute Gasteiger partial charge is 0.479 e. The van der Waals surface area contributed by atoms with Gasteiger partial charge in [0.15, 0.2) is 23.3 Å². The molecule has 0 saturated heterocycles. The van der Waals surface area contributed by atoms with Crippen LogP contribution >= 0.6 is 22.9 Å². The van der Waals surface area contributed by atoms with E-state index in [1.165, 1.54) is 27.1 Å². The first-order valence-corrected chi connectivity index (χ1v) is 11.6. The van der Waals surface area contributed by atoms with Crippen LogP contribution in [0.3, 0.4) is 0 Å². The molecule has 3 aromatic rings. The van der Waals surface area contributed by atoms with E-state index in [1.807, 2.05) is 0 Å². The maximum absolute atomic E-state index is 14.3. The molecule has 36 heavy (non-hydrogen) atoms. The Bertz CT molecular complexity index is 1400. The topological polar surface area (TPSA) is 93.5 Å². The highest BCUT2D eigenvalue weighted by Gasteiger charge is 2.35. The Morgan fingerprint density at radius 2 is 2.03 bits per heavy atom. The fraction of sp³-hybridized carbons (Fsp3) is 0.273. The van der Waals surface area contributed by atoms with Gasteiger partial charge in [-0.25, -0.2) is 9.37 Å². The van der Waals surface area contributed by atoms with Crippen LogP contribution in [0.1, 0.15) is 18.4 Å². The number of halogens is 5. The summed E-state index contributed by atoms with van der Waals surface area (Å²) < 4.78 is 57.0. The number of nitrogens with one attached hydrogen (secondary N) is 1. The average molecular weight is 545 g/mol. The zero-order chi connectivity index (χ0) is 26.4. The molecule has 1 aliphatic heterocycles. The minimum Gasteiger partial charge on any atom is -0.479 e. The summed E-state index contributed by atoms with van der Waals surface area (Å²) in [5.41, 5.74) is 0.732. The normalized spacial score (nSPS) is 15.2. The Morgan fingerprint density at radius 3 is 2.69 bits per heavy atom. The Balaban J connectivity index is 1.47. The first-order valence-electron chi connectivity index (χ1n) is 10.3. The molecular weight excluding hydrogens is 528 g/mol. The minimum absolute atomic E-state index is 0.140. The van der Waals surface area contributed by atoms with Crippen molar-refractivity contribution >= 4 is 45.6 Å². The van der Waals surface area contributed by atoms with Gasteiger partial charge in [0.1, 0.15) is 6.54 Å². The average Bonchev–Trinajstić information content (AvgIpc) is 3.33. The third-order valence-electron chi connectivity index (χ3n) is 5.41. The molecule has 3 heterocycles. The van der Waals surface area contributed by atoms with Crippen LogP contribution in [0.5, 0.6) is 5.75 Å². The number of thiazole rings is 1. The van der Waals surface area contributed by atoms with Gasteiger partial charge in [0.2, 0.25) is 11.8 Å². The summed E-state index contributed by atoms with van der Waals surface area (Å²) in [6.45, 7) is -0.413. The Hall–Kier alpha value is -3.45. The summed E-state index contributed by atoms with van der Waals surface area (Å²) in [4.78, 5) is 43.0. The number of likely N-dealkylation sites (N-methyl/N-ethyl adjacent to an activating group) is 1. The highest BCUT2D eigenvalue weighted by Crippen LogP contribution is 2.36. The van der Waals surface area contributed by atoms with E-state index in [4.69, 9.17) is 11.6 Å². The van der Waals surface area contributed by atoms with Gasteiger partial charge in [-0.15, -0.1) is 11.3 Å². The SMILES string of the molecule is CC1C(=O)N(C)c2ccn(CC(=O)Nc3nc(-c4cc(F)c(OCC(F)(F)F)c(Cl)c4)cs3)c(=O)c21. The van der Waals surface area contributed by atoms with Gasteiger partial charge in [0.25, 0.3) is 5.56 Å². The van der Waals surface area contributed by atoms with Crippen LogP contribution in [-0.4, -0.2) is 41.2 Å². The predicted molar refractivity (Wildman–Crippen MR) is 125 cm³/mol. The summed E-state index contributed by atoms with van der Waals surface area (Å²) in [6.07, 6.45) is -3.24. The minimum atomic E-state index is -4.66. The lowest BCUT2D eigenvalue weighted by Gasteiger charge is -2.12. The molecule has 0 fully saturated rings. The lowest BCUT2D eigenvalue weighted by molar-refractivity contribution is -0.153. The fourth-order valence-corrected chi connectivity index (χ4v) is 4.71. The molecular formula is C22H17ClF4N4O4S. The van der Waals surface area contributed by atoms with Crippen molar-refractivity contribution in [2.24, 2.45) is 0 Å². The number of carbonyl (C=O) groups is 2. The van der Waals surface area contributed by atoms with E-state index < -0.39 is 41.7 Å². The van der Waals surface area contributed by atoms with E-state index in [0.717, 1.165) is 17.4 Å². The van der Waals surface area contributed by atoms with Crippen LogP contribution in [-0.2, 0) is 16.1 Å². The third-order valence-corrected chi connectivity index (χ3v) is 6.45. The number of hydrogen-bond donors (Lipinski definition) is 1. The number of fused-ring (bicyclic) bond motifs is 1. The highest BCUT2D eigenvalue weighted by atomic mass is 35.5. The second-order valence-corrected chi connectivity index (χ2v) is 9.19. The molecule has 0 saturated carbocycles. The zero-order valence-electron chi connectivity index (χ0n) is 18.7. The molecule has 2 aromatic heterocycles. The molecule has 190 valence electrons. The first-order chi connectivity index (χ1) is 16.9. The van der Waals surface area contributed by atoms with E-state index in [-0.39, 0.29) is 33.9 Å². The second kappa shape index (κ2) is 9.54. The monoisotopic (exact) mass is 544 g/mol. The van der Waals surface area contributed by atoms with Gasteiger partial charge in [0, 0.05) is 24.2 Å². The van der Waals surface area contributed by atoms with Gasteiger partial charge in [-0.1, -0.05) is 11.6 Å². The zero-order valence-corrected chi connectivity index (χ0v) is 20.2. The second-order valence-electron chi connectivity index (χ2n) is 7.93. The van der Waals surface area contributed by atoms with Crippen molar-refractivity contribution in [2.45, 2.75) is 25.6 Å². The van der Waals surface area contributed by atoms with E-state index in [0.29, 0.717) is 11.3 Å². The predicted octanol–water partition coefficient (Wildman–Crippen LogP) is 4.42. The molecule has 14 heteroatoms. The molecule has 2 amide bonds. The highest BCUT2D eigenvalue weighted by molar-refractivity contribution is 7.14. The Labute approximate surface area is 210 Å². The number of pyridine rings is 1. The van der Waals surface area contributed by atoms with E-state index in [9.17, 15) is 31.9 Å². The van der Waals surface area contributed by atoms with Crippen molar-refractivity contribution in [3.63, 3.8) is 0 Å². The Kier molecular flexibility index (Phi) is 6.80. The van der Waals surface area contributed by atoms with Crippen LogP contribution in [0.25, 0.3) is 11.3 Å². The van der Waals surface area contributed by atoms with Crippen LogP contribution < -0.4 is 20.5 Å². The summed E-state index contributed by atoms with van der Waals surface area (Å²) in [5.74, 6) is -3.23. The van der Waals surface area contributed by atoms with Crippen LogP contribution in [0.15, 0.2) is 34.6 Å². The lowest BCUT2D eigenvalue weighted by atomic mass is 10.1. The van der Waals surface area contributed by atoms with Crippen molar-refractivity contribution in [3.8, 4) is 17.0 Å². The van der Waals surface area contributed by atoms with Crippen LogP contribution in [0, 0.1) is 5.82 Å². The van der Waals surface area contributed by atoms with Crippen molar-refractivity contribution in [2.75, 3.05) is 23.9 Å². The number of aromatic nitrogens is 2. The van der Waals surface area contributed by atoms with Crippen molar-refractivity contribution in [3.05, 3.63) is 56.5 Å². The van der Waals surface area contributed by atoms with Crippen molar-refractivity contribution in [1.29, 1.82) is 0 Å². The molecule has 0 spiro atoms. The maximum atomic E-state index is 14.3. The molecule has 1 N–H and O–H groups in total. The number of carbonyl (C=O) groups excluding carboxylic acids is 2. The molecule has 1 atom stereocenters. The molecule has 0 aliphatic carbocycles. The summed E-state index contributed by atoms with van der Waals surface area (Å²) >= 11 is 6.91. The Morgan fingerprint density at radius 1 is 1.31 bits per heavy atom. The number of anilines is 2. The summed E-state index contributed by atoms with van der Waals surface area (Å²) in [5, 5.41) is 3.79. The smallest absolute Gasteiger partial charge is 0.422 e. The standard InChI is InChI=1S/C22H17ClF4N4O4S/c1-10-17-15(30(2)19(10)33)3-4-31(20(17)34)7-16(32)29-21-28-14(8-36-21)11-5-12(23)18(13(24)6-11)35-9-22(25,26)27/h3-6,8,10H,7,9H2,1-2H3,(H,28,29,32). The van der Waals surface area contributed by atoms with Gasteiger partial charge >= 0.3 is 6.18 Å².